The number of piperazine rings is 1. The molecule has 1 fully saturated rings. The molecule has 0 N–H and O–H groups in total. The molecule has 164 valence electrons. The van der Waals surface area contributed by atoms with Crippen molar-refractivity contribution in [2.24, 2.45) is 0 Å². The molecule has 0 spiro atoms. The highest BCUT2D eigenvalue weighted by molar-refractivity contribution is 7.99. The molecular formula is C22H28N6OS2. The van der Waals surface area contributed by atoms with Crippen LogP contribution in [0.25, 0.3) is 5.69 Å². The summed E-state index contributed by atoms with van der Waals surface area (Å²) in [5.41, 5.74) is 2.24. The normalized spacial score (nSPS) is 14.8. The number of benzene rings is 1. The number of carbonyl (C=O) groups is 1. The number of carbonyl (C=O) groups excluding carboxylic acids is 1. The number of rotatable bonds is 9. The molecule has 9 heteroatoms. The van der Waals surface area contributed by atoms with E-state index < -0.39 is 0 Å². The molecule has 1 saturated heterocycles. The van der Waals surface area contributed by atoms with Crippen molar-refractivity contribution < 1.29 is 4.79 Å². The van der Waals surface area contributed by atoms with Gasteiger partial charge < -0.3 is 4.90 Å². The van der Waals surface area contributed by atoms with Gasteiger partial charge in [-0.15, -0.1) is 16.4 Å². The van der Waals surface area contributed by atoms with Gasteiger partial charge in [-0.2, -0.15) is 4.68 Å². The molecule has 2 aromatic heterocycles. The van der Waals surface area contributed by atoms with E-state index >= 15 is 0 Å². The Morgan fingerprint density at radius 1 is 1.13 bits per heavy atom. The van der Waals surface area contributed by atoms with E-state index in [9.17, 15) is 4.79 Å². The van der Waals surface area contributed by atoms with Crippen LogP contribution in [0, 0.1) is 0 Å². The third kappa shape index (κ3) is 5.93. The molecule has 0 aliphatic carbocycles. The summed E-state index contributed by atoms with van der Waals surface area (Å²) in [7, 11) is 0. The van der Waals surface area contributed by atoms with Crippen molar-refractivity contribution in [3.05, 3.63) is 52.2 Å². The second kappa shape index (κ2) is 10.9. The lowest BCUT2D eigenvalue weighted by Gasteiger charge is -2.34. The van der Waals surface area contributed by atoms with Gasteiger partial charge in [-0.1, -0.05) is 43.3 Å². The van der Waals surface area contributed by atoms with Crippen molar-refractivity contribution in [2.45, 2.75) is 37.9 Å². The summed E-state index contributed by atoms with van der Waals surface area (Å²) in [6.07, 6.45) is 3.46. The highest BCUT2D eigenvalue weighted by Gasteiger charge is 2.22. The smallest absolute Gasteiger partial charge is 0.233 e. The Kier molecular flexibility index (Phi) is 7.71. The van der Waals surface area contributed by atoms with Gasteiger partial charge in [0.2, 0.25) is 11.1 Å². The molecule has 7 nitrogen and oxygen atoms in total. The van der Waals surface area contributed by atoms with Gasteiger partial charge in [0.25, 0.3) is 0 Å². The Hall–Kier alpha value is -2.23. The number of amides is 1. The van der Waals surface area contributed by atoms with Crippen molar-refractivity contribution in [3.63, 3.8) is 0 Å². The van der Waals surface area contributed by atoms with Gasteiger partial charge >= 0.3 is 0 Å². The number of unbranched alkanes of at least 4 members (excludes halogenated alkanes) is 1. The highest BCUT2D eigenvalue weighted by atomic mass is 32.2. The molecule has 3 heterocycles. The maximum Gasteiger partial charge on any atom is 0.233 e. The first-order chi connectivity index (χ1) is 15.2. The first kappa shape index (κ1) is 22.0. The largest absolute Gasteiger partial charge is 0.339 e. The predicted molar refractivity (Wildman–Crippen MR) is 125 cm³/mol. The van der Waals surface area contributed by atoms with Crippen LogP contribution in [0.1, 0.15) is 30.2 Å². The number of tetrazole rings is 1. The van der Waals surface area contributed by atoms with Crippen molar-refractivity contribution in [1.82, 2.24) is 30.0 Å². The first-order valence-electron chi connectivity index (χ1n) is 10.8. The fourth-order valence-corrected chi connectivity index (χ4v) is 5.15. The van der Waals surface area contributed by atoms with Gasteiger partial charge in [0, 0.05) is 37.6 Å². The molecule has 0 unspecified atom stereocenters. The molecule has 3 aromatic rings. The van der Waals surface area contributed by atoms with Crippen LogP contribution < -0.4 is 0 Å². The molecule has 4 rings (SSSR count). The van der Waals surface area contributed by atoms with Gasteiger partial charge in [-0.05, 0) is 52.4 Å². The van der Waals surface area contributed by atoms with E-state index in [1.807, 2.05) is 17.0 Å². The summed E-state index contributed by atoms with van der Waals surface area (Å²) in [5.74, 6) is 0.491. The van der Waals surface area contributed by atoms with Crippen molar-refractivity contribution >= 4 is 29.0 Å². The topological polar surface area (TPSA) is 67.2 Å². The number of hydrogen-bond donors (Lipinski definition) is 0. The molecule has 0 saturated carbocycles. The van der Waals surface area contributed by atoms with Gasteiger partial charge in [0.1, 0.15) is 0 Å². The van der Waals surface area contributed by atoms with Crippen LogP contribution >= 0.6 is 23.1 Å². The summed E-state index contributed by atoms with van der Waals surface area (Å²) in [6, 6.07) is 12.6. The van der Waals surface area contributed by atoms with Crippen LogP contribution in [0.3, 0.4) is 0 Å². The molecule has 0 radical (unpaired) electrons. The number of nitrogens with zero attached hydrogens (tertiary/aromatic N) is 6. The number of aromatic nitrogens is 4. The van der Waals surface area contributed by atoms with Crippen LogP contribution in [-0.4, -0.2) is 67.8 Å². The molecule has 0 bridgehead atoms. The zero-order valence-electron chi connectivity index (χ0n) is 17.8. The van der Waals surface area contributed by atoms with Gasteiger partial charge in [0.15, 0.2) is 0 Å². The second-order valence-electron chi connectivity index (χ2n) is 7.67. The third-order valence-electron chi connectivity index (χ3n) is 5.45. The second-order valence-corrected chi connectivity index (χ2v) is 9.64. The maximum absolute atomic E-state index is 12.7. The lowest BCUT2D eigenvalue weighted by Crippen LogP contribution is -2.48. The number of thiophene rings is 1. The Morgan fingerprint density at radius 2 is 1.94 bits per heavy atom. The Bertz CT molecular complexity index is 949. The van der Waals surface area contributed by atoms with E-state index in [0.29, 0.717) is 10.9 Å². The van der Waals surface area contributed by atoms with Crippen LogP contribution in [-0.2, 0) is 17.8 Å². The van der Waals surface area contributed by atoms with Gasteiger partial charge in [0.05, 0.1) is 11.4 Å². The predicted octanol–water partition coefficient (Wildman–Crippen LogP) is 3.50. The molecule has 0 atom stereocenters. The average Bonchev–Trinajstić information content (AvgIpc) is 3.49. The quantitative estimate of drug-likeness (QED) is 0.459. The summed E-state index contributed by atoms with van der Waals surface area (Å²) < 4.78 is 1.71. The van der Waals surface area contributed by atoms with E-state index in [2.05, 4.69) is 57.0 Å². The number of aryl methyl sites for hydroxylation is 1. The zero-order valence-corrected chi connectivity index (χ0v) is 19.4. The Labute approximate surface area is 191 Å². The fraction of sp³-hybridized carbons (Fsp3) is 0.455. The van der Waals surface area contributed by atoms with E-state index in [-0.39, 0.29) is 5.91 Å². The third-order valence-corrected chi connectivity index (χ3v) is 7.22. The lowest BCUT2D eigenvalue weighted by molar-refractivity contribution is -0.130. The summed E-state index contributed by atoms with van der Waals surface area (Å²) >= 11 is 3.18. The molecule has 1 aromatic carbocycles. The zero-order chi connectivity index (χ0) is 21.5. The van der Waals surface area contributed by atoms with Crippen LogP contribution in [0.2, 0.25) is 0 Å². The molecule has 1 aliphatic heterocycles. The molecule has 31 heavy (non-hydrogen) atoms. The van der Waals surface area contributed by atoms with Crippen LogP contribution in [0.4, 0.5) is 0 Å². The number of thioether (sulfide) groups is 1. The monoisotopic (exact) mass is 456 g/mol. The summed E-state index contributed by atoms with van der Waals surface area (Å²) in [6.45, 7) is 6.54. The van der Waals surface area contributed by atoms with Crippen molar-refractivity contribution in [1.29, 1.82) is 0 Å². The van der Waals surface area contributed by atoms with Crippen molar-refractivity contribution in [3.8, 4) is 5.69 Å². The fourth-order valence-electron chi connectivity index (χ4n) is 3.61. The Balaban J connectivity index is 1.27. The van der Waals surface area contributed by atoms with Crippen molar-refractivity contribution in [2.75, 3.05) is 31.9 Å². The molecule has 1 aliphatic rings. The Morgan fingerprint density at radius 3 is 2.65 bits per heavy atom. The molecule has 1 amide bonds. The summed E-state index contributed by atoms with van der Waals surface area (Å²) in [5, 5.41) is 14.8. The lowest BCUT2D eigenvalue weighted by atomic mass is 10.1. The standard InChI is InChI=1S/C22H28N6OS2/c1-2-3-5-18-7-9-19(10-8-18)28-22(23-24-25-28)31-17-21(29)27-13-11-26(12-14-27)16-20-6-4-15-30-20/h4,6-10,15H,2-3,5,11-14,16-17H2,1H3. The summed E-state index contributed by atoms with van der Waals surface area (Å²) in [4.78, 5) is 18.5. The number of hydrogen-bond acceptors (Lipinski definition) is 7. The minimum absolute atomic E-state index is 0.144. The van der Waals surface area contributed by atoms with Gasteiger partial charge in [-0.3, -0.25) is 9.69 Å². The van der Waals surface area contributed by atoms with E-state index in [0.717, 1.165) is 44.8 Å². The first-order valence-corrected chi connectivity index (χ1v) is 12.6. The minimum Gasteiger partial charge on any atom is -0.339 e. The maximum atomic E-state index is 12.7. The minimum atomic E-state index is 0.144. The van der Waals surface area contributed by atoms with E-state index in [1.54, 1.807) is 16.0 Å². The molecular weight excluding hydrogens is 428 g/mol. The van der Waals surface area contributed by atoms with Crippen LogP contribution in [0.15, 0.2) is 46.9 Å². The van der Waals surface area contributed by atoms with E-state index in [4.69, 9.17) is 0 Å². The van der Waals surface area contributed by atoms with E-state index in [1.165, 1.54) is 35.0 Å². The highest BCUT2D eigenvalue weighted by Crippen LogP contribution is 2.20. The van der Waals surface area contributed by atoms with Gasteiger partial charge in [-0.25, -0.2) is 0 Å². The average molecular weight is 457 g/mol. The van der Waals surface area contributed by atoms with Crippen LogP contribution in [0.5, 0.6) is 0 Å². The SMILES string of the molecule is CCCCc1ccc(-n2nnnc2SCC(=O)N2CCN(Cc3cccs3)CC2)cc1.